The number of aromatic nitrogens is 3. The number of hydrazine groups is 6. The number of alkyl halides is 5. The number of halogens is 5. The van der Waals surface area contributed by atoms with Crippen LogP contribution in [0.4, 0.5) is 19.1 Å². The van der Waals surface area contributed by atoms with Gasteiger partial charge in [-0.05, 0) is 51.4 Å². The van der Waals surface area contributed by atoms with Crippen LogP contribution in [-0.2, 0) is 19.2 Å². The number of carbonyl (C=O) groups is 4. The van der Waals surface area contributed by atoms with Crippen molar-refractivity contribution >= 4 is 64.5 Å². The summed E-state index contributed by atoms with van der Waals surface area (Å²) in [6.45, 7) is 5.31. The third-order valence-corrected chi connectivity index (χ3v) is 14.3. The number of hydrogen-bond acceptors (Lipinski definition) is 24. The van der Waals surface area contributed by atoms with Crippen LogP contribution in [0.2, 0.25) is 0 Å². The Hall–Kier alpha value is -5.64. The monoisotopic (exact) mass is 1090 g/mol. The summed E-state index contributed by atoms with van der Waals surface area (Å²) in [4.78, 5) is 79.3. The average molecular weight is 1090 g/mol. The minimum atomic E-state index is -5.08. The van der Waals surface area contributed by atoms with Gasteiger partial charge in [0.25, 0.3) is 11.8 Å². The minimum Gasteiger partial charge on any atom is -0.475 e. The number of nitrogens with two attached hydrogens (primary N) is 4. The normalized spacial score (nSPS) is 24.1. The molecular weight excluding hydrogens is 1020 g/mol. The van der Waals surface area contributed by atoms with Gasteiger partial charge in [0.1, 0.15) is 23.3 Å². The number of hydrogen-bond donors (Lipinski definition) is 12. The van der Waals surface area contributed by atoms with E-state index in [0.717, 1.165) is 38.8 Å². The molecule has 28 nitrogen and oxygen atoms in total. The first-order valence-electron chi connectivity index (χ1n) is 24.3. The predicted octanol–water partition coefficient (Wildman–Crippen LogP) is -2.14. The fourth-order valence-electron chi connectivity index (χ4n) is 9.71. The lowest BCUT2D eigenvalue weighted by molar-refractivity contribution is -0.192. The lowest BCUT2D eigenvalue weighted by Gasteiger charge is -2.46. The maximum absolute atomic E-state index is 14.3. The van der Waals surface area contributed by atoms with Crippen molar-refractivity contribution in [2.45, 2.75) is 93.2 Å². The summed E-state index contributed by atoms with van der Waals surface area (Å²) in [6, 6.07) is 0. The van der Waals surface area contributed by atoms with E-state index in [1.165, 1.54) is 17.7 Å². The van der Waals surface area contributed by atoms with Crippen molar-refractivity contribution in [3.63, 3.8) is 0 Å². The van der Waals surface area contributed by atoms with Crippen LogP contribution in [0.1, 0.15) is 87.7 Å². The van der Waals surface area contributed by atoms with Crippen molar-refractivity contribution in [2.24, 2.45) is 38.8 Å². The van der Waals surface area contributed by atoms with Gasteiger partial charge in [-0.15, -0.1) is 0 Å². The number of piperidine rings is 3. The first kappa shape index (κ1) is 56.1. The van der Waals surface area contributed by atoms with Crippen LogP contribution in [0.15, 0.2) is 33.0 Å². The molecule has 5 saturated heterocycles. The molecule has 9 heterocycles. The molecular formula is C41H65Cl2F3N23O5. The summed E-state index contributed by atoms with van der Waals surface area (Å²) in [5.74, 6) is -1.48. The number of amides is 3. The van der Waals surface area contributed by atoms with Crippen molar-refractivity contribution in [1.82, 2.24) is 82.9 Å². The molecule has 1 aromatic heterocycles. The number of carbonyl (C=O) groups excluding carboxylic acids is 3. The lowest BCUT2D eigenvalue weighted by atomic mass is 9.94. The highest BCUT2D eigenvalue weighted by molar-refractivity contribution is 6.32. The van der Waals surface area contributed by atoms with Crippen molar-refractivity contribution in [3.8, 4) is 0 Å². The van der Waals surface area contributed by atoms with Crippen LogP contribution in [0.3, 0.4) is 0 Å². The molecule has 1 radical (unpaired) electrons. The number of likely N-dealkylation sites (tertiary alicyclic amines) is 1. The number of anilines is 1. The maximum atomic E-state index is 14.3. The molecule has 1 aromatic rings. The molecule has 0 aliphatic carbocycles. The molecule has 0 spiro atoms. The van der Waals surface area contributed by atoms with Gasteiger partial charge in [-0.25, -0.2) is 51.5 Å². The molecule has 16 N–H and O–H groups in total. The Kier molecular flexibility index (Phi) is 19.2. The van der Waals surface area contributed by atoms with Crippen LogP contribution < -0.4 is 65.9 Å². The van der Waals surface area contributed by atoms with Gasteiger partial charge in [0.2, 0.25) is 11.9 Å². The Morgan fingerprint density at radius 2 is 1.36 bits per heavy atom. The van der Waals surface area contributed by atoms with E-state index in [2.05, 4.69) is 64.9 Å². The summed E-state index contributed by atoms with van der Waals surface area (Å²) < 4.78 is 31.7. The zero-order chi connectivity index (χ0) is 53.3. The van der Waals surface area contributed by atoms with Crippen molar-refractivity contribution in [1.29, 1.82) is 0 Å². The number of aliphatic imine (C=N–C) groups is 2. The standard InChI is InChI=1S/C39H64Cl2N23O3.C2HF3O2/c1-46-56-49-21-60-22-50-57-48-20-47-36-29(41)64(27(38(60)67)31(43)52-36)62-18-10-24(11-19-62)35-53-34(23-8-16-61(17-9-23)63-26(33(45)65)30(42)51-32(44)28(63)40)54-39(55-35)59-14-6-25(7-15-59)37(66)58-12-4-2-3-5-13-58;3-2(4,5)1(6)7/h23-25,28-29,46,48-50,56-57H,1-22,42-43H2,(H2,44,51)(H2,45,65)(H,47,52);(H,6,7). The number of carboxylic acid groups (broad SMARTS) is 1. The van der Waals surface area contributed by atoms with E-state index in [4.69, 9.17) is 71.0 Å². The van der Waals surface area contributed by atoms with E-state index in [1.54, 1.807) is 10.0 Å². The fourth-order valence-corrected chi connectivity index (χ4v) is 10.3. The largest absolute Gasteiger partial charge is 0.490 e. The van der Waals surface area contributed by atoms with Gasteiger partial charge in [-0.3, -0.25) is 24.4 Å². The third-order valence-electron chi connectivity index (χ3n) is 13.5. The Balaban J connectivity index is 0.00000107. The molecule has 0 aromatic carbocycles. The minimum absolute atomic E-state index is 0.00431. The summed E-state index contributed by atoms with van der Waals surface area (Å²) in [5.41, 5.74) is 39.8. The Labute approximate surface area is 434 Å². The van der Waals surface area contributed by atoms with Gasteiger partial charge in [0, 0.05) is 77.2 Å². The van der Waals surface area contributed by atoms with Gasteiger partial charge in [0.15, 0.2) is 34.0 Å². The zero-order valence-electron chi connectivity index (χ0n) is 40.6. The smallest absolute Gasteiger partial charge is 0.475 e. The molecule has 2 atom stereocenters. The SMILES string of the molecule is O=C(O)C(F)(F)F.[CH2]NNNCN1CNNNCNC2=NC(N)=C(C1=O)N(N1CCC(c3nc(C4CCN(N5C(C(N)=O)=C(N)N=C(N)C5Cl)CC4)nc(N4CCC(C(=O)N5CCCCCC5)CC4)n3)CC1)C2Cl. The average Bonchev–Trinajstić information content (AvgIpc) is 3.68. The van der Waals surface area contributed by atoms with Gasteiger partial charge in [-0.2, -0.15) is 34.2 Å². The molecule has 409 valence electrons. The molecule has 74 heavy (non-hydrogen) atoms. The molecule has 0 saturated carbocycles. The van der Waals surface area contributed by atoms with Gasteiger partial charge in [-0.1, -0.05) is 36.0 Å². The van der Waals surface area contributed by atoms with Gasteiger partial charge < -0.3 is 48.1 Å². The summed E-state index contributed by atoms with van der Waals surface area (Å²) in [7, 11) is 3.54. The Bertz CT molecular complexity index is 2300. The quantitative estimate of drug-likeness (QED) is 0.0487. The summed E-state index contributed by atoms with van der Waals surface area (Å²) in [5, 5.41) is 17.5. The van der Waals surface area contributed by atoms with E-state index in [1.807, 2.05) is 10.0 Å². The number of rotatable bonds is 11. The van der Waals surface area contributed by atoms with E-state index in [9.17, 15) is 27.6 Å². The van der Waals surface area contributed by atoms with Crippen LogP contribution >= 0.6 is 23.2 Å². The summed E-state index contributed by atoms with van der Waals surface area (Å²) in [6.07, 6.45) is 3.32. The molecule has 2 unspecified atom stereocenters. The van der Waals surface area contributed by atoms with Gasteiger partial charge >= 0.3 is 12.1 Å². The van der Waals surface area contributed by atoms with E-state index in [0.29, 0.717) is 88.4 Å². The Morgan fingerprint density at radius 3 is 1.92 bits per heavy atom. The molecule has 3 amide bonds. The number of aliphatic carboxylic acids is 1. The fraction of sp³-hybridized carbons (Fsp3) is 0.659. The second-order valence-electron chi connectivity index (χ2n) is 18.3. The number of fused-ring (bicyclic) bond motifs is 9. The first-order chi connectivity index (χ1) is 35.4. The molecule has 33 heteroatoms. The predicted molar refractivity (Wildman–Crippen MR) is 263 cm³/mol. The van der Waals surface area contributed by atoms with Gasteiger partial charge in [0.05, 0.1) is 20.0 Å². The van der Waals surface area contributed by atoms with Crippen LogP contribution in [0, 0.1) is 13.0 Å². The third kappa shape index (κ3) is 13.4. The molecule has 9 rings (SSSR count). The second-order valence-corrected chi connectivity index (χ2v) is 19.1. The summed E-state index contributed by atoms with van der Waals surface area (Å²) >= 11 is 13.9. The maximum Gasteiger partial charge on any atom is 0.490 e. The van der Waals surface area contributed by atoms with Crippen molar-refractivity contribution in [3.05, 3.63) is 41.7 Å². The number of amidine groups is 2. The molecule has 8 aliphatic heterocycles. The Morgan fingerprint density at radius 1 is 0.784 bits per heavy atom. The molecule has 8 aliphatic rings. The van der Waals surface area contributed by atoms with Crippen molar-refractivity contribution < 1.29 is 37.5 Å². The van der Waals surface area contributed by atoms with Crippen LogP contribution in [0.5, 0.6) is 0 Å². The highest BCUT2D eigenvalue weighted by atomic mass is 35.5. The molecule has 5 fully saturated rings. The highest BCUT2D eigenvalue weighted by Gasteiger charge is 2.43. The number of nitrogens with zero attached hydrogens (tertiary/aromatic N) is 12. The zero-order valence-corrected chi connectivity index (χ0v) is 42.1. The first-order valence-corrected chi connectivity index (χ1v) is 25.2. The highest BCUT2D eigenvalue weighted by Crippen LogP contribution is 2.36. The number of nitrogens with one attached hydrogen (secondary N) is 7. The number of carboxylic acids is 1. The number of primary amides is 1. The lowest BCUT2D eigenvalue weighted by Crippen LogP contribution is -2.62. The van der Waals surface area contributed by atoms with Crippen LogP contribution in [0.25, 0.3) is 0 Å². The van der Waals surface area contributed by atoms with Crippen molar-refractivity contribution in [2.75, 3.05) is 77.3 Å². The molecule has 2 bridgehead atoms. The van der Waals surface area contributed by atoms with E-state index >= 15 is 0 Å². The van der Waals surface area contributed by atoms with E-state index in [-0.39, 0.29) is 72.5 Å². The topological polar surface area (TPSA) is 363 Å². The second kappa shape index (κ2) is 25.3. The van der Waals surface area contributed by atoms with Crippen LogP contribution in [-0.4, -0.2) is 175 Å². The van der Waals surface area contributed by atoms with E-state index < -0.39 is 35.0 Å².